The molecule has 0 saturated carbocycles. The van der Waals surface area contributed by atoms with E-state index in [-0.39, 0.29) is 22.0 Å². The number of halogens is 3. The van der Waals surface area contributed by atoms with Gasteiger partial charge in [-0.25, -0.2) is 8.78 Å². The molecule has 1 aromatic heterocycles. The Bertz CT molecular complexity index is 429. The van der Waals surface area contributed by atoms with Crippen molar-refractivity contribution >= 4 is 22.2 Å². The number of alkyl halides is 3. The maximum atomic E-state index is 12.5. The summed E-state index contributed by atoms with van der Waals surface area (Å²) in [5, 5.41) is 8.71. The van der Waals surface area contributed by atoms with Crippen molar-refractivity contribution in [3.63, 3.8) is 0 Å². The number of pyridine rings is 1. The number of hydrogen-bond acceptors (Lipinski definition) is 3. The van der Waals surface area contributed by atoms with Crippen LogP contribution in [0.5, 0.6) is 0 Å². The van der Waals surface area contributed by atoms with Gasteiger partial charge >= 0.3 is 0 Å². The molecule has 0 spiro atoms. The Morgan fingerprint density at radius 2 is 2.33 bits per heavy atom. The fourth-order valence-electron chi connectivity index (χ4n) is 1.13. The highest BCUT2D eigenvalue weighted by Gasteiger charge is 2.19. The molecule has 0 aliphatic carbocycles. The summed E-state index contributed by atoms with van der Waals surface area (Å²) in [6.45, 7) is 0. The minimum atomic E-state index is -2.76. The molecule has 1 heterocycles. The molecule has 0 atom stereocenters. The van der Waals surface area contributed by atoms with Gasteiger partial charge in [0, 0.05) is 22.7 Å². The van der Waals surface area contributed by atoms with Gasteiger partial charge in [0.2, 0.25) is 0 Å². The second-order valence-electron chi connectivity index (χ2n) is 2.61. The van der Waals surface area contributed by atoms with Crippen molar-refractivity contribution < 1.29 is 13.6 Å². The molecule has 1 aromatic rings. The van der Waals surface area contributed by atoms with Gasteiger partial charge in [-0.1, -0.05) is 15.9 Å². The van der Waals surface area contributed by atoms with E-state index in [9.17, 15) is 13.6 Å². The molecular weight excluding hydrogens is 270 g/mol. The summed E-state index contributed by atoms with van der Waals surface area (Å²) < 4.78 is 25.0. The first-order valence-electron chi connectivity index (χ1n) is 3.86. The van der Waals surface area contributed by atoms with E-state index in [1.807, 2.05) is 0 Å². The Balaban J connectivity index is 3.49. The lowest BCUT2D eigenvalue weighted by Crippen LogP contribution is -2.04. The van der Waals surface area contributed by atoms with Crippen LogP contribution in [0, 0.1) is 11.3 Å². The molecule has 0 bridgehead atoms. The second kappa shape index (κ2) is 4.94. The first-order chi connectivity index (χ1) is 7.15. The lowest BCUT2D eigenvalue weighted by molar-refractivity contribution is 0.112. The summed E-state index contributed by atoms with van der Waals surface area (Å²) in [6, 6.07) is 1.73. The van der Waals surface area contributed by atoms with Gasteiger partial charge in [-0.15, -0.1) is 0 Å². The fraction of sp³-hybridized carbons (Fsp3) is 0.222. The minimum Gasteiger partial charge on any atom is -0.298 e. The van der Waals surface area contributed by atoms with E-state index < -0.39 is 12.1 Å². The summed E-state index contributed by atoms with van der Waals surface area (Å²) in [5.74, 6) is 0. The van der Waals surface area contributed by atoms with Gasteiger partial charge < -0.3 is 0 Å². The molecule has 15 heavy (non-hydrogen) atoms. The van der Waals surface area contributed by atoms with E-state index in [4.69, 9.17) is 5.26 Å². The third kappa shape index (κ3) is 2.18. The molecule has 0 aliphatic heterocycles. The molecule has 0 unspecified atom stereocenters. The first kappa shape index (κ1) is 11.7. The van der Waals surface area contributed by atoms with Crippen molar-refractivity contribution in [3.05, 3.63) is 28.6 Å². The molecule has 0 aliphatic rings. The average Bonchev–Trinajstić information content (AvgIpc) is 2.26. The van der Waals surface area contributed by atoms with Gasteiger partial charge in [0.25, 0.3) is 6.43 Å². The summed E-state index contributed by atoms with van der Waals surface area (Å²) in [5.41, 5.74) is -0.421. The Morgan fingerprint density at radius 1 is 1.67 bits per heavy atom. The van der Waals surface area contributed by atoms with Crippen molar-refractivity contribution in [2.45, 2.75) is 11.8 Å². The Kier molecular flexibility index (Phi) is 3.86. The van der Waals surface area contributed by atoms with Crippen LogP contribution in [-0.4, -0.2) is 11.3 Å². The number of carbonyl (C=O) groups excluding carboxylic acids is 1. The predicted molar refractivity (Wildman–Crippen MR) is 51.9 cm³/mol. The normalized spacial score (nSPS) is 10.1. The van der Waals surface area contributed by atoms with E-state index >= 15 is 0 Å². The maximum absolute atomic E-state index is 12.5. The van der Waals surface area contributed by atoms with Crippen LogP contribution in [-0.2, 0) is 5.33 Å². The highest BCUT2D eigenvalue weighted by atomic mass is 79.9. The molecule has 0 amide bonds. The zero-order valence-corrected chi connectivity index (χ0v) is 8.96. The number of aldehydes is 1. The quantitative estimate of drug-likeness (QED) is 0.629. The van der Waals surface area contributed by atoms with Crippen LogP contribution in [0.2, 0.25) is 0 Å². The van der Waals surface area contributed by atoms with Gasteiger partial charge in [0.05, 0.1) is 5.56 Å². The van der Waals surface area contributed by atoms with Gasteiger partial charge in [-0.2, -0.15) is 5.26 Å². The van der Waals surface area contributed by atoms with E-state index in [1.165, 1.54) is 0 Å². The third-order valence-electron chi connectivity index (χ3n) is 1.84. The van der Waals surface area contributed by atoms with Crippen molar-refractivity contribution in [3.8, 4) is 6.07 Å². The average molecular weight is 275 g/mol. The minimum absolute atomic E-state index is 0.00356. The topological polar surface area (TPSA) is 53.8 Å². The van der Waals surface area contributed by atoms with Crippen LogP contribution in [0.15, 0.2) is 6.20 Å². The molecule has 0 radical (unpaired) electrons. The van der Waals surface area contributed by atoms with E-state index in [1.54, 1.807) is 6.07 Å². The molecule has 1 rings (SSSR count). The van der Waals surface area contributed by atoms with Gasteiger partial charge in [-0.3, -0.25) is 9.78 Å². The second-order valence-corrected chi connectivity index (χ2v) is 3.17. The van der Waals surface area contributed by atoms with Crippen LogP contribution < -0.4 is 0 Å². The molecule has 3 nitrogen and oxygen atoms in total. The van der Waals surface area contributed by atoms with Crippen LogP contribution in [0.3, 0.4) is 0 Å². The number of hydrogen-bond donors (Lipinski definition) is 0. The molecule has 6 heteroatoms. The number of aromatic nitrogens is 1. The molecule has 0 saturated heterocycles. The molecular formula is C9H5BrF2N2O. The molecule has 78 valence electrons. The number of nitrogens with zero attached hydrogens (tertiary/aromatic N) is 2. The highest BCUT2D eigenvalue weighted by molar-refractivity contribution is 9.08. The van der Waals surface area contributed by atoms with Gasteiger partial charge in [0.15, 0.2) is 6.29 Å². The van der Waals surface area contributed by atoms with Crippen molar-refractivity contribution in [1.29, 1.82) is 5.26 Å². The van der Waals surface area contributed by atoms with Crippen LogP contribution in [0.25, 0.3) is 0 Å². The summed E-state index contributed by atoms with van der Waals surface area (Å²) >= 11 is 2.99. The monoisotopic (exact) mass is 274 g/mol. The van der Waals surface area contributed by atoms with Gasteiger partial charge in [0.1, 0.15) is 11.8 Å². The van der Waals surface area contributed by atoms with E-state index in [0.717, 1.165) is 6.20 Å². The summed E-state index contributed by atoms with van der Waals surface area (Å²) in [7, 11) is 0. The zero-order valence-electron chi connectivity index (χ0n) is 7.38. The number of rotatable bonds is 3. The first-order valence-corrected chi connectivity index (χ1v) is 4.99. The lowest BCUT2D eigenvalue weighted by atomic mass is 10.0. The van der Waals surface area contributed by atoms with Crippen molar-refractivity contribution in [2.24, 2.45) is 0 Å². The summed E-state index contributed by atoms with van der Waals surface area (Å²) in [4.78, 5) is 14.2. The van der Waals surface area contributed by atoms with Crippen LogP contribution in [0.1, 0.15) is 33.6 Å². The number of nitriles is 1. The van der Waals surface area contributed by atoms with E-state index in [0.29, 0.717) is 6.29 Å². The smallest absolute Gasteiger partial charge is 0.280 e. The van der Waals surface area contributed by atoms with Crippen molar-refractivity contribution in [2.75, 3.05) is 0 Å². The van der Waals surface area contributed by atoms with Gasteiger partial charge in [-0.05, 0) is 0 Å². The van der Waals surface area contributed by atoms with Crippen molar-refractivity contribution in [1.82, 2.24) is 4.98 Å². The number of carbonyl (C=O) groups is 1. The SMILES string of the molecule is N#Cc1cnc(C(F)F)c(CBr)c1C=O. The van der Waals surface area contributed by atoms with Crippen LogP contribution in [0.4, 0.5) is 8.78 Å². The molecule has 0 N–H and O–H groups in total. The Labute approximate surface area is 92.9 Å². The van der Waals surface area contributed by atoms with E-state index in [2.05, 4.69) is 20.9 Å². The highest BCUT2D eigenvalue weighted by Crippen LogP contribution is 2.26. The zero-order chi connectivity index (χ0) is 11.4. The molecule has 0 aromatic carbocycles. The largest absolute Gasteiger partial charge is 0.298 e. The predicted octanol–water partition coefficient (Wildman–Crippen LogP) is 2.60. The molecule has 0 fully saturated rings. The Morgan fingerprint density at radius 3 is 2.73 bits per heavy atom. The standard InChI is InChI=1S/C9H5BrF2N2O/c10-1-6-7(4-15)5(2-13)3-14-8(6)9(11)12/h3-4,9H,1H2. The lowest BCUT2D eigenvalue weighted by Gasteiger charge is -2.08. The third-order valence-corrected chi connectivity index (χ3v) is 2.40. The van der Waals surface area contributed by atoms with Crippen LogP contribution >= 0.6 is 15.9 Å². The fourth-order valence-corrected chi connectivity index (χ4v) is 1.72. The maximum Gasteiger partial charge on any atom is 0.280 e. The summed E-state index contributed by atoms with van der Waals surface area (Å²) in [6.07, 6.45) is -1.39. The Hall–Kier alpha value is -1.35.